The van der Waals surface area contributed by atoms with Gasteiger partial charge in [-0.25, -0.2) is 0 Å². The lowest BCUT2D eigenvalue weighted by Gasteiger charge is -2.23. The van der Waals surface area contributed by atoms with Crippen molar-refractivity contribution in [2.45, 2.75) is 18.8 Å². The molecule has 6 heteroatoms. The van der Waals surface area contributed by atoms with E-state index in [4.69, 9.17) is 11.6 Å². The summed E-state index contributed by atoms with van der Waals surface area (Å²) in [5.41, 5.74) is 3.81. The first-order chi connectivity index (χ1) is 14.0. The van der Waals surface area contributed by atoms with Crippen molar-refractivity contribution in [3.8, 4) is 22.3 Å². The molecule has 0 radical (unpaired) electrons. The van der Waals surface area contributed by atoms with Crippen LogP contribution < -0.4 is 10.9 Å². The average molecular weight is 407 g/mol. The molecule has 2 aromatic carbocycles. The van der Waals surface area contributed by atoms with E-state index in [2.05, 4.69) is 5.32 Å². The van der Waals surface area contributed by atoms with Crippen LogP contribution in [0.25, 0.3) is 22.3 Å². The van der Waals surface area contributed by atoms with Gasteiger partial charge in [-0.2, -0.15) is 0 Å². The number of benzene rings is 2. The fraction of sp³-hybridized carbons (Fsp3) is 0.174. The molecule has 1 aliphatic heterocycles. The number of carbonyl (C=O) groups excluding carboxylic acids is 2. The van der Waals surface area contributed by atoms with Gasteiger partial charge in [0.25, 0.3) is 5.56 Å². The van der Waals surface area contributed by atoms with Crippen molar-refractivity contribution in [2.75, 3.05) is 0 Å². The van der Waals surface area contributed by atoms with Gasteiger partial charge in [0, 0.05) is 30.8 Å². The van der Waals surface area contributed by atoms with Gasteiger partial charge in [0.2, 0.25) is 11.8 Å². The second-order valence-corrected chi connectivity index (χ2v) is 7.51. The Morgan fingerprint density at radius 3 is 2.28 bits per heavy atom. The molecule has 4 rings (SSSR count). The normalized spacial score (nSPS) is 16.6. The summed E-state index contributed by atoms with van der Waals surface area (Å²) < 4.78 is 1.55. The van der Waals surface area contributed by atoms with E-state index in [1.54, 1.807) is 23.9 Å². The second-order valence-electron chi connectivity index (χ2n) is 7.13. The molecule has 1 N–H and O–H groups in total. The minimum Gasteiger partial charge on any atom is -0.318 e. The molecule has 5 nitrogen and oxygen atoms in total. The number of hydrogen-bond donors (Lipinski definition) is 1. The molecule has 1 aromatic heterocycles. The number of imide groups is 1. The van der Waals surface area contributed by atoms with Crippen LogP contribution in [0, 0.1) is 0 Å². The number of aromatic nitrogens is 1. The molecule has 2 amide bonds. The Balaban J connectivity index is 1.69. The van der Waals surface area contributed by atoms with E-state index in [1.165, 1.54) is 0 Å². The van der Waals surface area contributed by atoms with Gasteiger partial charge >= 0.3 is 0 Å². The minimum absolute atomic E-state index is 0.0573. The lowest BCUT2D eigenvalue weighted by Crippen LogP contribution is -2.39. The third kappa shape index (κ3) is 3.61. The van der Waals surface area contributed by atoms with Crippen LogP contribution in [-0.4, -0.2) is 16.4 Å². The van der Waals surface area contributed by atoms with Crippen LogP contribution in [0.5, 0.6) is 0 Å². The van der Waals surface area contributed by atoms with Gasteiger partial charge in [-0.15, -0.1) is 0 Å². The number of aryl methyl sites for hydroxylation is 1. The third-order valence-corrected chi connectivity index (χ3v) is 5.70. The van der Waals surface area contributed by atoms with Gasteiger partial charge in [0.05, 0.1) is 10.9 Å². The summed E-state index contributed by atoms with van der Waals surface area (Å²) in [5, 5.41) is 2.89. The van der Waals surface area contributed by atoms with Gasteiger partial charge < -0.3 is 4.57 Å². The topological polar surface area (TPSA) is 68.2 Å². The molecule has 0 spiro atoms. The van der Waals surface area contributed by atoms with E-state index in [-0.39, 0.29) is 17.4 Å². The molecule has 1 fully saturated rings. The number of halogens is 1. The van der Waals surface area contributed by atoms with Gasteiger partial charge in [0.15, 0.2) is 0 Å². The van der Waals surface area contributed by atoms with Crippen LogP contribution in [0.3, 0.4) is 0 Å². The number of nitrogens with zero attached hydrogens (tertiary/aromatic N) is 1. The summed E-state index contributed by atoms with van der Waals surface area (Å²) in [6, 6.07) is 16.8. The number of carbonyl (C=O) groups is 2. The molecular formula is C23H19ClN2O3. The second kappa shape index (κ2) is 7.68. The molecule has 3 aromatic rings. The fourth-order valence-electron chi connectivity index (χ4n) is 3.68. The Labute approximate surface area is 172 Å². The minimum atomic E-state index is -0.438. The van der Waals surface area contributed by atoms with Crippen molar-refractivity contribution in [1.82, 2.24) is 9.88 Å². The van der Waals surface area contributed by atoms with Crippen LogP contribution in [0.2, 0.25) is 5.02 Å². The summed E-state index contributed by atoms with van der Waals surface area (Å²) in [6.07, 6.45) is 2.47. The van der Waals surface area contributed by atoms with Crippen LogP contribution in [0.15, 0.2) is 65.6 Å². The first kappa shape index (κ1) is 19.2. The van der Waals surface area contributed by atoms with E-state index >= 15 is 0 Å². The van der Waals surface area contributed by atoms with E-state index in [9.17, 15) is 14.4 Å². The van der Waals surface area contributed by atoms with E-state index in [0.717, 1.165) is 22.3 Å². The zero-order valence-corrected chi connectivity index (χ0v) is 16.6. The van der Waals surface area contributed by atoms with Crippen molar-refractivity contribution in [3.05, 3.63) is 81.7 Å². The zero-order chi connectivity index (χ0) is 20.5. The molecule has 0 bridgehead atoms. The zero-order valence-electron chi connectivity index (χ0n) is 15.8. The molecule has 146 valence electrons. The number of hydrogen-bond acceptors (Lipinski definition) is 3. The summed E-state index contributed by atoms with van der Waals surface area (Å²) in [5.74, 6) is -0.997. The Hall–Kier alpha value is -3.18. The molecule has 0 saturated carbocycles. The van der Waals surface area contributed by atoms with Gasteiger partial charge in [-0.3, -0.25) is 19.7 Å². The van der Waals surface area contributed by atoms with Crippen molar-refractivity contribution in [3.63, 3.8) is 0 Å². The lowest BCUT2D eigenvalue weighted by molar-refractivity contribution is -0.134. The maximum absolute atomic E-state index is 12.3. The van der Waals surface area contributed by atoms with Crippen LogP contribution in [0.1, 0.15) is 24.3 Å². The van der Waals surface area contributed by atoms with Crippen LogP contribution >= 0.6 is 11.6 Å². The number of pyridine rings is 1. The lowest BCUT2D eigenvalue weighted by atomic mass is 9.88. The number of nitrogens with one attached hydrogen (secondary N) is 1. The number of rotatable bonds is 3. The highest BCUT2D eigenvalue weighted by Crippen LogP contribution is 2.37. The monoisotopic (exact) mass is 406 g/mol. The standard InChI is InChI=1S/C23H19ClN2O3/c1-26-13-3-6-17(23(26)29)15-9-7-14(8-10-15)16-4-2-5-18(21(16)24)19-11-12-20(27)25-22(19)28/h2-10,13,19H,11-12H2,1H3,(H,25,27,28). The van der Waals surface area contributed by atoms with Gasteiger partial charge in [-0.05, 0) is 35.2 Å². The molecule has 29 heavy (non-hydrogen) atoms. The summed E-state index contributed by atoms with van der Waals surface area (Å²) in [6.45, 7) is 0. The Kier molecular flexibility index (Phi) is 5.07. The average Bonchev–Trinajstić information content (AvgIpc) is 2.71. The summed E-state index contributed by atoms with van der Waals surface area (Å²) in [4.78, 5) is 36.0. The highest BCUT2D eigenvalue weighted by molar-refractivity contribution is 6.34. The summed E-state index contributed by atoms with van der Waals surface area (Å²) in [7, 11) is 1.72. The Morgan fingerprint density at radius 2 is 1.59 bits per heavy atom. The Bertz CT molecular complexity index is 1170. The predicted octanol–water partition coefficient (Wildman–Crippen LogP) is 3.89. The highest BCUT2D eigenvalue weighted by atomic mass is 35.5. The largest absolute Gasteiger partial charge is 0.318 e. The third-order valence-electron chi connectivity index (χ3n) is 5.27. The number of amides is 2. The maximum Gasteiger partial charge on any atom is 0.258 e. The predicted molar refractivity (Wildman–Crippen MR) is 113 cm³/mol. The van der Waals surface area contributed by atoms with Crippen LogP contribution in [0.4, 0.5) is 0 Å². The van der Waals surface area contributed by atoms with Crippen LogP contribution in [-0.2, 0) is 16.6 Å². The van der Waals surface area contributed by atoms with Crippen molar-refractivity contribution in [1.29, 1.82) is 0 Å². The van der Waals surface area contributed by atoms with Crippen molar-refractivity contribution < 1.29 is 9.59 Å². The SMILES string of the molecule is Cn1cccc(-c2ccc(-c3cccc(C4CCC(=O)NC4=O)c3Cl)cc2)c1=O. The van der Waals surface area contributed by atoms with Crippen molar-refractivity contribution >= 4 is 23.4 Å². The summed E-state index contributed by atoms with van der Waals surface area (Å²) >= 11 is 6.66. The van der Waals surface area contributed by atoms with Gasteiger partial charge in [-0.1, -0.05) is 54.1 Å². The van der Waals surface area contributed by atoms with Gasteiger partial charge in [0.1, 0.15) is 0 Å². The number of piperidine rings is 1. The molecule has 1 unspecified atom stereocenters. The molecule has 1 atom stereocenters. The first-order valence-corrected chi connectivity index (χ1v) is 9.72. The highest BCUT2D eigenvalue weighted by Gasteiger charge is 2.30. The molecule has 0 aliphatic carbocycles. The molecular weight excluding hydrogens is 388 g/mol. The molecule has 2 heterocycles. The first-order valence-electron chi connectivity index (χ1n) is 9.34. The van der Waals surface area contributed by atoms with Crippen molar-refractivity contribution in [2.24, 2.45) is 7.05 Å². The van der Waals surface area contributed by atoms with E-state index < -0.39 is 5.92 Å². The fourth-order valence-corrected chi connectivity index (χ4v) is 4.05. The quantitative estimate of drug-likeness (QED) is 0.671. The molecule has 1 aliphatic rings. The molecule has 1 saturated heterocycles. The Morgan fingerprint density at radius 1 is 0.931 bits per heavy atom. The van der Waals surface area contributed by atoms with E-state index in [0.29, 0.717) is 23.4 Å². The van der Waals surface area contributed by atoms with E-state index in [1.807, 2.05) is 48.5 Å². The smallest absolute Gasteiger partial charge is 0.258 e. The maximum atomic E-state index is 12.3.